The quantitative estimate of drug-likeness (QED) is 0.207. The standard InChI is InChI=1S/C26H26N6O5S2/c1-32(14-15-33)22-12-11-21-25(29-22)38-26(28-21)30-24(34)23(31-37-16-18-4-2-3-13-27-18)17-5-7-19(8-6-17)39(35,36)20-9-10-20/h2-8,11-13,20,33H,9-10,14-16H2,1H3,(H,28,30,34). The lowest BCUT2D eigenvalue weighted by atomic mass is 10.1. The molecule has 3 heterocycles. The van der Waals surface area contributed by atoms with E-state index in [0.29, 0.717) is 51.9 Å². The molecule has 1 aliphatic rings. The molecule has 0 aliphatic heterocycles. The summed E-state index contributed by atoms with van der Waals surface area (Å²) in [6, 6.07) is 15.0. The van der Waals surface area contributed by atoms with Crippen molar-refractivity contribution in [3.8, 4) is 0 Å². The number of carbonyl (C=O) groups excluding carboxylic acids is 1. The summed E-state index contributed by atoms with van der Waals surface area (Å²) in [5.74, 6) is 0.0926. The molecule has 1 saturated carbocycles. The van der Waals surface area contributed by atoms with Crippen molar-refractivity contribution in [3.63, 3.8) is 0 Å². The molecule has 0 atom stereocenters. The van der Waals surface area contributed by atoms with Gasteiger partial charge in [0.2, 0.25) is 0 Å². The topological polar surface area (TPSA) is 147 Å². The van der Waals surface area contributed by atoms with Crippen LogP contribution in [0, 0.1) is 0 Å². The number of pyridine rings is 2. The van der Waals surface area contributed by atoms with Gasteiger partial charge < -0.3 is 14.8 Å². The molecule has 11 nitrogen and oxygen atoms in total. The van der Waals surface area contributed by atoms with Crippen LogP contribution in [0.1, 0.15) is 24.1 Å². The zero-order valence-electron chi connectivity index (χ0n) is 21.0. The fourth-order valence-corrected chi connectivity index (χ4v) is 6.22. The lowest BCUT2D eigenvalue weighted by Crippen LogP contribution is -2.24. The Hall–Kier alpha value is -3.94. The Bertz CT molecular complexity index is 1600. The van der Waals surface area contributed by atoms with Crippen molar-refractivity contribution in [2.24, 2.45) is 5.16 Å². The molecule has 0 unspecified atom stereocenters. The van der Waals surface area contributed by atoms with E-state index in [-0.39, 0.29) is 29.1 Å². The highest BCUT2D eigenvalue weighted by atomic mass is 32.2. The second-order valence-electron chi connectivity index (χ2n) is 8.92. The molecule has 1 aromatic carbocycles. The smallest absolute Gasteiger partial charge is 0.280 e. The number of thiazole rings is 1. The first-order valence-electron chi connectivity index (χ1n) is 12.2. The van der Waals surface area contributed by atoms with E-state index in [4.69, 9.17) is 4.84 Å². The molecule has 3 aromatic heterocycles. The minimum absolute atomic E-state index is 0.00176. The molecule has 2 N–H and O–H groups in total. The number of anilines is 2. The fourth-order valence-electron chi connectivity index (χ4n) is 3.74. The maximum absolute atomic E-state index is 13.3. The normalized spacial score (nSPS) is 13.8. The fraction of sp³-hybridized carbons (Fsp3) is 0.269. The van der Waals surface area contributed by atoms with Crippen molar-refractivity contribution in [2.75, 3.05) is 30.4 Å². The molecule has 13 heteroatoms. The molecular weight excluding hydrogens is 540 g/mol. The van der Waals surface area contributed by atoms with Crippen molar-refractivity contribution in [1.82, 2.24) is 15.0 Å². The van der Waals surface area contributed by atoms with Crippen LogP contribution in [0.3, 0.4) is 0 Å². The molecule has 202 valence electrons. The Morgan fingerprint density at radius 3 is 2.64 bits per heavy atom. The third-order valence-corrected chi connectivity index (χ3v) is 9.18. The maximum atomic E-state index is 13.3. The summed E-state index contributed by atoms with van der Waals surface area (Å²) >= 11 is 1.20. The molecule has 39 heavy (non-hydrogen) atoms. The van der Waals surface area contributed by atoms with Crippen LogP contribution in [0.5, 0.6) is 0 Å². The Morgan fingerprint density at radius 2 is 1.95 bits per heavy atom. The van der Waals surface area contributed by atoms with Crippen LogP contribution in [0.2, 0.25) is 0 Å². The summed E-state index contributed by atoms with van der Waals surface area (Å²) in [6.07, 6.45) is 2.96. The number of rotatable bonds is 11. The number of nitrogens with zero attached hydrogens (tertiary/aromatic N) is 5. The van der Waals surface area contributed by atoms with Crippen molar-refractivity contribution < 1.29 is 23.2 Å². The highest BCUT2D eigenvalue weighted by molar-refractivity contribution is 7.92. The Morgan fingerprint density at radius 1 is 1.15 bits per heavy atom. The number of likely N-dealkylation sites (N-methyl/N-ethyl adjacent to an activating group) is 1. The highest BCUT2D eigenvalue weighted by Gasteiger charge is 2.36. The summed E-state index contributed by atoms with van der Waals surface area (Å²) in [5.41, 5.74) is 1.58. The van der Waals surface area contributed by atoms with Crippen LogP contribution in [0.4, 0.5) is 10.9 Å². The van der Waals surface area contributed by atoms with E-state index in [2.05, 4.69) is 25.4 Å². The lowest BCUT2D eigenvalue weighted by Gasteiger charge is -2.15. The number of hydrogen-bond donors (Lipinski definition) is 2. The first kappa shape index (κ1) is 26.7. The van der Waals surface area contributed by atoms with Crippen LogP contribution >= 0.6 is 11.3 Å². The number of sulfone groups is 1. The van der Waals surface area contributed by atoms with E-state index in [9.17, 15) is 18.3 Å². The van der Waals surface area contributed by atoms with Crippen LogP contribution in [0.25, 0.3) is 10.3 Å². The molecule has 1 fully saturated rings. The summed E-state index contributed by atoms with van der Waals surface area (Å²) in [6.45, 7) is 0.471. The van der Waals surface area contributed by atoms with Crippen LogP contribution in [-0.4, -0.2) is 65.5 Å². The van der Waals surface area contributed by atoms with Gasteiger partial charge in [-0.2, -0.15) is 0 Å². The molecule has 5 rings (SSSR count). The summed E-state index contributed by atoms with van der Waals surface area (Å²) in [5, 5.41) is 16.0. The molecule has 1 aliphatic carbocycles. The van der Waals surface area contributed by atoms with Gasteiger partial charge in [0.1, 0.15) is 16.2 Å². The number of oxime groups is 1. The predicted molar refractivity (Wildman–Crippen MR) is 149 cm³/mol. The van der Waals surface area contributed by atoms with Gasteiger partial charge in [-0.05, 0) is 49.2 Å². The van der Waals surface area contributed by atoms with E-state index in [1.807, 2.05) is 18.0 Å². The molecule has 1 amide bonds. The van der Waals surface area contributed by atoms with Crippen LogP contribution in [-0.2, 0) is 26.1 Å². The highest BCUT2D eigenvalue weighted by Crippen LogP contribution is 2.33. The largest absolute Gasteiger partial charge is 0.395 e. The summed E-state index contributed by atoms with van der Waals surface area (Å²) in [7, 11) is -1.55. The average Bonchev–Trinajstić information content (AvgIpc) is 3.73. The van der Waals surface area contributed by atoms with Gasteiger partial charge in [0, 0.05) is 25.4 Å². The first-order chi connectivity index (χ1) is 18.8. The summed E-state index contributed by atoms with van der Waals surface area (Å²) < 4.78 is 25.2. The van der Waals surface area contributed by atoms with E-state index in [0.717, 1.165) is 0 Å². The van der Waals surface area contributed by atoms with Crippen LogP contribution in [0.15, 0.2) is 70.8 Å². The van der Waals surface area contributed by atoms with Crippen molar-refractivity contribution in [2.45, 2.75) is 29.6 Å². The van der Waals surface area contributed by atoms with Gasteiger partial charge in [0.25, 0.3) is 5.91 Å². The second-order valence-corrected chi connectivity index (χ2v) is 12.1. The van der Waals surface area contributed by atoms with Gasteiger partial charge in [-0.3, -0.25) is 15.1 Å². The van der Waals surface area contributed by atoms with Gasteiger partial charge in [0.05, 0.1) is 22.4 Å². The number of aromatic nitrogens is 3. The molecule has 0 saturated heterocycles. The van der Waals surface area contributed by atoms with Gasteiger partial charge in [-0.1, -0.05) is 34.7 Å². The van der Waals surface area contributed by atoms with Crippen molar-refractivity contribution >= 4 is 54.1 Å². The number of hydrogen-bond acceptors (Lipinski definition) is 11. The third-order valence-electron chi connectivity index (χ3n) is 6.02. The number of benzene rings is 1. The summed E-state index contributed by atoms with van der Waals surface area (Å²) in [4.78, 5) is 34.6. The van der Waals surface area contributed by atoms with Gasteiger partial charge in [0.15, 0.2) is 27.3 Å². The number of fused-ring (bicyclic) bond motifs is 1. The minimum Gasteiger partial charge on any atom is -0.395 e. The third kappa shape index (κ3) is 6.21. The SMILES string of the molecule is CN(CCO)c1ccc2nc(NC(=O)C(=NOCc3ccccn3)c3ccc(S(=O)(=O)C4CC4)cc3)sc2n1. The lowest BCUT2D eigenvalue weighted by molar-refractivity contribution is -0.110. The molecule has 0 bridgehead atoms. The van der Waals surface area contributed by atoms with Gasteiger partial charge >= 0.3 is 0 Å². The minimum atomic E-state index is -3.37. The number of amides is 1. The van der Waals surface area contributed by atoms with E-state index in [1.165, 1.54) is 23.5 Å². The molecule has 0 spiro atoms. The number of aliphatic hydroxyl groups excluding tert-OH is 1. The zero-order chi connectivity index (χ0) is 27.4. The Balaban J connectivity index is 1.39. The number of aliphatic hydroxyl groups is 1. The molecule has 0 radical (unpaired) electrons. The zero-order valence-corrected chi connectivity index (χ0v) is 22.7. The monoisotopic (exact) mass is 566 g/mol. The number of carbonyl (C=O) groups is 1. The Kier molecular flexibility index (Phi) is 7.82. The van der Waals surface area contributed by atoms with E-state index in [1.54, 1.807) is 42.6 Å². The predicted octanol–water partition coefficient (Wildman–Crippen LogP) is 3.01. The van der Waals surface area contributed by atoms with E-state index >= 15 is 0 Å². The number of nitrogens with one attached hydrogen (secondary N) is 1. The van der Waals surface area contributed by atoms with Gasteiger partial charge in [-0.25, -0.2) is 18.4 Å². The molecule has 4 aromatic rings. The molecular formula is C26H26N6O5S2. The van der Waals surface area contributed by atoms with E-state index < -0.39 is 15.7 Å². The van der Waals surface area contributed by atoms with Crippen molar-refractivity contribution in [3.05, 3.63) is 72.1 Å². The van der Waals surface area contributed by atoms with Gasteiger partial charge in [-0.15, -0.1) is 0 Å². The second kappa shape index (κ2) is 11.4. The Labute approximate surface area is 229 Å². The average molecular weight is 567 g/mol. The van der Waals surface area contributed by atoms with Crippen LogP contribution < -0.4 is 10.2 Å². The first-order valence-corrected chi connectivity index (χ1v) is 14.6. The van der Waals surface area contributed by atoms with Crippen molar-refractivity contribution in [1.29, 1.82) is 0 Å². The maximum Gasteiger partial charge on any atom is 0.280 e.